The standard InChI is InChI=1S/C17H18F2N6O3/c1-23-3-4-24(10-21-23)16-13(18)6-11(7-14(16)19)25-9-12(28-17(25)26)8-20-15-2-5-27-22-15/h2,5-7,10,12H,3-4,8-9H2,1H3,(H,20,22)/t12-/m0/s1. The van der Waals surface area contributed by atoms with Crippen LogP contribution in [0.4, 0.5) is 30.8 Å². The minimum Gasteiger partial charge on any atom is -0.442 e. The number of benzene rings is 1. The number of amides is 1. The van der Waals surface area contributed by atoms with Gasteiger partial charge in [0.25, 0.3) is 0 Å². The third-order valence-electron chi connectivity index (χ3n) is 4.48. The first-order valence-electron chi connectivity index (χ1n) is 8.64. The summed E-state index contributed by atoms with van der Waals surface area (Å²) in [5, 5.41) is 12.4. The molecule has 0 unspecified atom stereocenters. The molecule has 1 fully saturated rings. The Labute approximate surface area is 159 Å². The molecule has 2 aromatic rings. The highest BCUT2D eigenvalue weighted by Gasteiger charge is 2.33. The highest BCUT2D eigenvalue weighted by Crippen LogP contribution is 2.31. The highest BCUT2D eigenvalue weighted by atomic mass is 19.1. The number of likely N-dealkylation sites (N-methyl/N-ethyl adjacent to an activating group) is 1. The Bertz CT molecular complexity index is 868. The molecule has 1 atom stereocenters. The summed E-state index contributed by atoms with van der Waals surface area (Å²) >= 11 is 0. The SMILES string of the molecule is CN1CCN(c2c(F)cc(N3C[C@H](CNc4ccon4)OC3=O)cc2F)C=N1. The molecular formula is C17H18F2N6O3. The predicted octanol–water partition coefficient (Wildman–Crippen LogP) is 2.09. The Morgan fingerprint density at radius 2 is 2.07 bits per heavy atom. The lowest BCUT2D eigenvalue weighted by Crippen LogP contribution is -2.37. The van der Waals surface area contributed by atoms with Gasteiger partial charge in [0.1, 0.15) is 24.4 Å². The van der Waals surface area contributed by atoms with Gasteiger partial charge in [-0.3, -0.25) is 9.91 Å². The van der Waals surface area contributed by atoms with Crippen LogP contribution in [0.15, 0.2) is 34.1 Å². The lowest BCUT2D eigenvalue weighted by molar-refractivity contribution is 0.147. The molecule has 0 aliphatic carbocycles. The number of hydrazone groups is 1. The summed E-state index contributed by atoms with van der Waals surface area (Å²) in [7, 11) is 1.77. The maximum absolute atomic E-state index is 14.6. The lowest BCUT2D eigenvalue weighted by atomic mass is 10.2. The first kappa shape index (κ1) is 18.0. The van der Waals surface area contributed by atoms with Crippen molar-refractivity contribution >= 4 is 29.6 Å². The van der Waals surface area contributed by atoms with Crippen LogP contribution in [0.1, 0.15) is 0 Å². The van der Waals surface area contributed by atoms with Crippen LogP contribution in [-0.2, 0) is 4.74 Å². The van der Waals surface area contributed by atoms with Crippen LogP contribution in [0, 0.1) is 11.6 Å². The van der Waals surface area contributed by atoms with Crippen molar-refractivity contribution in [1.29, 1.82) is 0 Å². The van der Waals surface area contributed by atoms with Gasteiger partial charge in [0.2, 0.25) is 0 Å². The van der Waals surface area contributed by atoms with Gasteiger partial charge in [-0.05, 0) is 0 Å². The minimum atomic E-state index is -0.775. The summed E-state index contributed by atoms with van der Waals surface area (Å²) in [6.45, 7) is 1.37. The van der Waals surface area contributed by atoms with Gasteiger partial charge in [-0.25, -0.2) is 13.6 Å². The van der Waals surface area contributed by atoms with Crippen molar-refractivity contribution < 1.29 is 22.8 Å². The van der Waals surface area contributed by atoms with E-state index < -0.39 is 23.8 Å². The van der Waals surface area contributed by atoms with Crippen molar-refractivity contribution in [2.24, 2.45) is 5.10 Å². The quantitative estimate of drug-likeness (QED) is 0.834. The predicted molar refractivity (Wildman–Crippen MR) is 97.4 cm³/mol. The Hall–Kier alpha value is -3.37. The molecule has 9 nitrogen and oxygen atoms in total. The van der Waals surface area contributed by atoms with E-state index in [1.165, 1.54) is 22.4 Å². The number of nitrogens with zero attached hydrogens (tertiary/aromatic N) is 5. The number of cyclic esters (lactones) is 1. The zero-order valence-corrected chi connectivity index (χ0v) is 15.0. The molecule has 148 valence electrons. The fourth-order valence-electron chi connectivity index (χ4n) is 3.03. The molecule has 0 spiro atoms. The molecular weight excluding hydrogens is 374 g/mol. The molecule has 0 radical (unpaired) electrons. The molecule has 1 aromatic carbocycles. The number of hydrogen-bond donors (Lipinski definition) is 1. The maximum atomic E-state index is 14.6. The van der Waals surface area contributed by atoms with Gasteiger partial charge >= 0.3 is 6.09 Å². The van der Waals surface area contributed by atoms with Crippen LogP contribution in [-0.4, -0.2) is 61.9 Å². The first-order chi connectivity index (χ1) is 13.5. The number of halogens is 2. The molecule has 0 saturated carbocycles. The Morgan fingerprint density at radius 3 is 2.71 bits per heavy atom. The summed E-state index contributed by atoms with van der Waals surface area (Å²) in [5.74, 6) is -1.05. The molecule has 11 heteroatoms. The van der Waals surface area contributed by atoms with Gasteiger partial charge in [-0.2, -0.15) is 5.10 Å². The summed E-state index contributed by atoms with van der Waals surface area (Å²) < 4.78 is 39.2. The molecule has 1 aromatic heterocycles. The topological polar surface area (TPSA) is 86.4 Å². The summed E-state index contributed by atoms with van der Waals surface area (Å²) in [4.78, 5) is 14.8. The maximum Gasteiger partial charge on any atom is 0.414 e. The van der Waals surface area contributed by atoms with Gasteiger partial charge in [-0.1, -0.05) is 5.16 Å². The Balaban J connectivity index is 1.48. The van der Waals surface area contributed by atoms with Crippen LogP contribution in [0.25, 0.3) is 0 Å². The fourth-order valence-corrected chi connectivity index (χ4v) is 3.03. The van der Waals surface area contributed by atoms with E-state index >= 15 is 0 Å². The van der Waals surface area contributed by atoms with E-state index in [2.05, 4.69) is 15.6 Å². The van der Waals surface area contributed by atoms with E-state index in [1.807, 2.05) is 0 Å². The number of rotatable bonds is 5. The molecule has 3 heterocycles. The monoisotopic (exact) mass is 392 g/mol. The van der Waals surface area contributed by atoms with Crippen LogP contribution in [0.5, 0.6) is 0 Å². The van der Waals surface area contributed by atoms with E-state index in [4.69, 9.17) is 9.26 Å². The lowest BCUT2D eigenvalue weighted by Gasteiger charge is -2.28. The third-order valence-corrected chi connectivity index (χ3v) is 4.48. The van der Waals surface area contributed by atoms with E-state index in [1.54, 1.807) is 18.1 Å². The number of anilines is 3. The van der Waals surface area contributed by atoms with Gasteiger partial charge in [0, 0.05) is 31.8 Å². The zero-order valence-electron chi connectivity index (χ0n) is 15.0. The number of nitrogens with one attached hydrogen (secondary N) is 1. The number of aromatic nitrogens is 1. The molecule has 1 saturated heterocycles. The first-order valence-corrected chi connectivity index (χ1v) is 8.64. The molecule has 0 bridgehead atoms. The molecule has 2 aliphatic heterocycles. The van der Waals surface area contributed by atoms with Gasteiger partial charge < -0.3 is 19.5 Å². The smallest absolute Gasteiger partial charge is 0.414 e. The van der Waals surface area contributed by atoms with E-state index in [0.717, 1.165) is 12.1 Å². The second-order valence-corrected chi connectivity index (χ2v) is 6.45. The Kier molecular flexibility index (Phi) is 4.72. The van der Waals surface area contributed by atoms with E-state index in [9.17, 15) is 13.6 Å². The highest BCUT2D eigenvalue weighted by molar-refractivity contribution is 5.90. The van der Waals surface area contributed by atoms with Crippen LogP contribution in [0.3, 0.4) is 0 Å². The number of hydrogen-bond acceptors (Lipinski definition) is 8. The second kappa shape index (κ2) is 7.33. The van der Waals surface area contributed by atoms with E-state index in [0.29, 0.717) is 18.9 Å². The average molecular weight is 392 g/mol. The molecule has 2 aliphatic rings. The van der Waals surface area contributed by atoms with Crippen molar-refractivity contribution in [3.8, 4) is 0 Å². The van der Waals surface area contributed by atoms with Gasteiger partial charge in [0.15, 0.2) is 17.5 Å². The fraction of sp³-hybridized carbons (Fsp3) is 0.353. The summed E-state index contributed by atoms with van der Waals surface area (Å²) in [6.07, 6.45) is 1.62. The number of carbonyl (C=O) groups is 1. The van der Waals surface area contributed by atoms with Crippen molar-refractivity contribution in [3.05, 3.63) is 36.1 Å². The third kappa shape index (κ3) is 3.55. The van der Waals surface area contributed by atoms with Gasteiger partial charge in [0.05, 0.1) is 25.3 Å². The van der Waals surface area contributed by atoms with Crippen molar-refractivity contribution in [1.82, 2.24) is 10.2 Å². The molecule has 1 amide bonds. The van der Waals surface area contributed by atoms with Crippen LogP contribution in [0.2, 0.25) is 0 Å². The normalized spacial score (nSPS) is 19.3. The largest absolute Gasteiger partial charge is 0.442 e. The number of ether oxygens (including phenoxy) is 1. The summed E-state index contributed by atoms with van der Waals surface area (Å²) in [6, 6.07) is 3.87. The Morgan fingerprint density at radius 1 is 1.29 bits per heavy atom. The average Bonchev–Trinajstić information content (AvgIpc) is 3.30. The second-order valence-electron chi connectivity index (χ2n) is 6.45. The minimum absolute atomic E-state index is 0.0961. The molecule has 4 rings (SSSR count). The summed E-state index contributed by atoms with van der Waals surface area (Å²) in [5.41, 5.74) is -0.101. The molecule has 28 heavy (non-hydrogen) atoms. The van der Waals surface area contributed by atoms with Gasteiger partial charge in [-0.15, -0.1) is 0 Å². The number of carbonyl (C=O) groups excluding carboxylic acids is 1. The van der Waals surface area contributed by atoms with E-state index in [-0.39, 0.29) is 24.5 Å². The van der Waals surface area contributed by atoms with Crippen molar-refractivity contribution in [3.63, 3.8) is 0 Å². The van der Waals surface area contributed by atoms with Crippen molar-refractivity contribution in [2.45, 2.75) is 6.10 Å². The zero-order chi connectivity index (χ0) is 19.7. The van der Waals surface area contributed by atoms with Crippen molar-refractivity contribution in [2.75, 3.05) is 48.3 Å². The van der Waals surface area contributed by atoms with Crippen LogP contribution < -0.4 is 15.1 Å². The molecule has 1 N–H and O–H groups in total. The van der Waals surface area contributed by atoms with Crippen LogP contribution >= 0.6 is 0 Å².